The average Bonchev–Trinajstić information content (AvgIpc) is 2.66. The van der Waals surface area contributed by atoms with Gasteiger partial charge in [0.1, 0.15) is 0 Å². The fourth-order valence-corrected chi connectivity index (χ4v) is 3.25. The molecule has 2 aromatic rings. The maximum atomic E-state index is 12.5. The standard InChI is InChI=1S/C23H31N3O3/c1-16(2)21(15-27)26(13-19-10-6-5-7-11-19)14-22(28)25-23(29)24-20-12-8-9-17(3)18(20)4/h5-12,16,21,27H,13-15H2,1-4H3,(H2,24,25,28,29). The van der Waals surface area contributed by atoms with Crippen LogP contribution in [0.1, 0.15) is 30.5 Å². The highest BCUT2D eigenvalue weighted by atomic mass is 16.3. The number of hydrogen-bond donors (Lipinski definition) is 3. The molecule has 0 spiro atoms. The normalized spacial score (nSPS) is 12.1. The Labute approximate surface area is 172 Å². The van der Waals surface area contributed by atoms with Crippen LogP contribution in [0.5, 0.6) is 0 Å². The number of imide groups is 1. The molecule has 0 bridgehead atoms. The Bertz CT molecular complexity index is 821. The monoisotopic (exact) mass is 397 g/mol. The summed E-state index contributed by atoms with van der Waals surface area (Å²) in [4.78, 5) is 26.7. The smallest absolute Gasteiger partial charge is 0.325 e. The number of aliphatic hydroxyl groups excluding tert-OH is 1. The number of rotatable bonds is 8. The van der Waals surface area contributed by atoms with E-state index >= 15 is 0 Å². The number of aliphatic hydroxyl groups is 1. The summed E-state index contributed by atoms with van der Waals surface area (Å²) < 4.78 is 0. The van der Waals surface area contributed by atoms with E-state index in [-0.39, 0.29) is 25.1 Å². The van der Waals surface area contributed by atoms with Gasteiger partial charge in [-0.3, -0.25) is 15.0 Å². The van der Waals surface area contributed by atoms with Crippen LogP contribution in [0.3, 0.4) is 0 Å². The van der Waals surface area contributed by atoms with Gasteiger partial charge < -0.3 is 10.4 Å². The van der Waals surface area contributed by atoms with Crippen LogP contribution in [-0.2, 0) is 11.3 Å². The Hall–Kier alpha value is -2.70. The largest absolute Gasteiger partial charge is 0.395 e. The van der Waals surface area contributed by atoms with Crippen LogP contribution in [0.15, 0.2) is 48.5 Å². The molecular formula is C23H31N3O3. The van der Waals surface area contributed by atoms with E-state index in [1.165, 1.54) is 0 Å². The van der Waals surface area contributed by atoms with Crippen molar-refractivity contribution in [3.05, 3.63) is 65.2 Å². The lowest BCUT2D eigenvalue weighted by atomic mass is 10.0. The van der Waals surface area contributed by atoms with Crippen molar-refractivity contribution in [2.45, 2.75) is 40.3 Å². The van der Waals surface area contributed by atoms with Crippen molar-refractivity contribution in [1.29, 1.82) is 0 Å². The van der Waals surface area contributed by atoms with Gasteiger partial charge in [-0.25, -0.2) is 4.79 Å². The van der Waals surface area contributed by atoms with Crippen molar-refractivity contribution in [2.75, 3.05) is 18.5 Å². The molecule has 0 heterocycles. The van der Waals surface area contributed by atoms with Crippen LogP contribution in [0, 0.1) is 19.8 Å². The Morgan fingerprint density at radius 2 is 1.72 bits per heavy atom. The summed E-state index contributed by atoms with van der Waals surface area (Å²) in [5, 5.41) is 15.0. The SMILES string of the molecule is Cc1cccc(NC(=O)NC(=O)CN(Cc2ccccc2)C(CO)C(C)C)c1C. The molecule has 156 valence electrons. The van der Waals surface area contributed by atoms with Crippen molar-refractivity contribution in [2.24, 2.45) is 5.92 Å². The average molecular weight is 398 g/mol. The Morgan fingerprint density at radius 3 is 2.34 bits per heavy atom. The van der Waals surface area contributed by atoms with Crippen LogP contribution in [-0.4, -0.2) is 41.1 Å². The number of carbonyl (C=O) groups excluding carboxylic acids is 2. The maximum Gasteiger partial charge on any atom is 0.325 e. The molecule has 29 heavy (non-hydrogen) atoms. The molecule has 1 unspecified atom stereocenters. The van der Waals surface area contributed by atoms with E-state index in [0.29, 0.717) is 12.2 Å². The van der Waals surface area contributed by atoms with E-state index < -0.39 is 11.9 Å². The Morgan fingerprint density at radius 1 is 1.03 bits per heavy atom. The zero-order valence-corrected chi connectivity index (χ0v) is 17.6. The second kappa shape index (κ2) is 10.7. The highest BCUT2D eigenvalue weighted by Gasteiger charge is 2.24. The number of anilines is 1. The zero-order valence-electron chi connectivity index (χ0n) is 17.6. The molecule has 2 rings (SSSR count). The van der Waals surface area contributed by atoms with E-state index in [2.05, 4.69) is 10.6 Å². The third-order valence-corrected chi connectivity index (χ3v) is 5.11. The zero-order chi connectivity index (χ0) is 21.4. The van der Waals surface area contributed by atoms with Gasteiger partial charge in [-0.1, -0.05) is 56.3 Å². The van der Waals surface area contributed by atoms with Gasteiger partial charge in [0, 0.05) is 18.3 Å². The van der Waals surface area contributed by atoms with Gasteiger partial charge in [-0.05, 0) is 42.5 Å². The molecule has 2 aromatic carbocycles. The lowest BCUT2D eigenvalue weighted by Crippen LogP contribution is -2.48. The lowest BCUT2D eigenvalue weighted by molar-refractivity contribution is -0.122. The van der Waals surface area contributed by atoms with E-state index in [1.807, 2.05) is 75.1 Å². The summed E-state index contributed by atoms with van der Waals surface area (Å²) in [6.07, 6.45) is 0. The summed E-state index contributed by atoms with van der Waals surface area (Å²) >= 11 is 0. The van der Waals surface area contributed by atoms with Crippen LogP contribution >= 0.6 is 0 Å². The van der Waals surface area contributed by atoms with Gasteiger partial charge in [0.05, 0.1) is 13.2 Å². The first-order chi connectivity index (χ1) is 13.8. The van der Waals surface area contributed by atoms with E-state index in [4.69, 9.17) is 0 Å². The maximum absolute atomic E-state index is 12.5. The second-order valence-corrected chi connectivity index (χ2v) is 7.63. The van der Waals surface area contributed by atoms with E-state index in [1.54, 1.807) is 6.07 Å². The number of aryl methyl sites for hydroxylation is 1. The summed E-state index contributed by atoms with van der Waals surface area (Å²) in [5.74, 6) is -0.261. The molecule has 3 amide bonds. The molecule has 0 radical (unpaired) electrons. The summed E-state index contributed by atoms with van der Waals surface area (Å²) in [5.41, 5.74) is 3.73. The summed E-state index contributed by atoms with van der Waals surface area (Å²) in [7, 11) is 0. The minimum Gasteiger partial charge on any atom is -0.395 e. The number of nitrogens with one attached hydrogen (secondary N) is 2. The van der Waals surface area contributed by atoms with Crippen molar-refractivity contribution in [3.8, 4) is 0 Å². The Kier molecular flexibility index (Phi) is 8.36. The van der Waals surface area contributed by atoms with Gasteiger partial charge in [-0.15, -0.1) is 0 Å². The molecular weight excluding hydrogens is 366 g/mol. The van der Waals surface area contributed by atoms with Gasteiger partial charge in [0.2, 0.25) is 5.91 Å². The second-order valence-electron chi connectivity index (χ2n) is 7.63. The van der Waals surface area contributed by atoms with Crippen LogP contribution < -0.4 is 10.6 Å². The molecule has 0 fully saturated rings. The predicted octanol–water partition coefficient (Wildman–Crippen LogP) is 3.47. The highest BCUT2D eigenvalue weighted by molar-refractivity contribution is 6.02. The van der Waals surface area contributed by atoms with E-state index in [0.717, 1.165) is 16.7 Å². The third-order valence-electron chi connectivity index (χ3n) is 5.11. The minimum absolute atomic E-state index is 0.0124. The molecule has 0 aliphatic rings. The van der Waals surface area contributed by atoms with Crippen molar-refractivity contribution in [3.63, 3.8) is 0 Å². The topological polar surface area (TPSA) is 81.7 Å². The third kappa shape index (κ3) is 6.69. The molecule has 6 heteroatoms. The molecule has 1 atom stereocenters. The number of carbonyl (C=O) groups is 2. The van der Waals surface area contributed by atoms with Gasteiger partial charge in [-0.2, -0.15) is 0 Å². The van der Waals surface area contributed by atoms with Gasteiger partial charge >= 0.3 is 6.03 Å². The predicted molar refractivity (Wildman–Crippen MR) is 116 cm³/mol. The number of nitrogens with zero attached hydrogens (tertiary/aromatic N) is 1. The first kappa shape index (κ1) is 22.6. The Balaban J connectivity index is 2.04. The van der Waals surface area contributed by atoms with Crippen LogP contribution in [0.2, 0.25) is 0 Å². The van der Waals surface area contributed by atoms with E-state index in [9.17, 15) is 14.7 Å². The number of benzene rings is 2. The molecule has 0 aromatic heterocycles. The first-order valence-corrected chi connectivity index (χ1v) is 9.87. The quantitative estimate of drug-likeness (QED) is 0.637. The summed E-state index contributed by atoms with van der Waals surface area (Å²) in [6, 6.07) is 14.6. The lowest BCUT2D eigenvalue weighted by Gasteiger charge is -2.32. The van der Waals surface area contributed by atoms with Gasteiger partial charge in [0.25, 0.3) is 0 Å². The van der Waals surface area contributed by atoms with Crippen molar-refractivity contribution < 1.29 is 14.7 Å². The molecule has 0 saturated heterocycles. The van der Waals surface area contributed by atoms with Crippen LogP contribution in [0.25, 0.3) is 0 Å². The number of urea groups is 1. The summed E-state index contributed by atoms with van der Waals surface area (Å²) in [6.45, 7) is 8.35. The van der Waals surface area contributed by atoms with Crippen molar-refractivity contribution >= 4 is 17.6 Å². The molecule has 3 N–H and O–H groups in total. The molecule has 0 aliphatic carbocycles. The first-order valence-electron chi connectivity index (χ1n) is 9.87. The van der Waals surface area contributed by atoms with Crippen LogP contribution in [0.4, 0.5) is 10.5 Å². The highest BCUT2D eigenvalue weighted by Crippen LogP contribution is 2.18. The fraction of sp³-hybridized carbons (Fsp3) is 0.391. The molecule has 0 aliphatic heterocycles. The number of amides is 3. The number of hydrogen-bond acceptors (Lipinski definition) is 4. The molecule has 6 nitrogen and oxygen atoms in total. The van der Waals surface area contributed by atoms with Gasteiger partial charge in [0.15, 0.2) is 0 Å². The van der Waals surface area contributed by atoms with Crippen molar-refractivity contribution in [1.82, 2.24) is 10.2 Å². The minimum atomic E-state index is -0.562. The molecule has 0 saturated carbocycles. The fourth-order valence-electron chi connectivity index (χ4n) is 3.25.